The Balaban J connectivity index is 0.00000149. The van der Waals surface area contributed by atoms with Crippen molar-refractivity contribution in [3.63, 3.8) is 0 Å². The van der Waals surface area contributed by atoms with E-state index in [0.717, 1.165) is 144 Å². The molecule has 482 valence electrons. The molecule has 0 aliphatic rings. The van der Waals surface area contributed by atoms with E-state index in [1.807, 2.05) is 37.4 Å². The van der Waals surface area contributed by atoms with Crippen LogP contribution in [0.5, 0.6) is 0 Å². The topological polar surface area (TPSA) is 99.8 Å². The second kappa shape index (κ2) is 46.6. The van der Waals surface area contributed by atoms with E-state index in [2.05, 4.69) is 234 Å². The Morgan fingerprint density at radius 2 is 0.807 bits per heavy atom. The summed E-state index contributed by atoms with van der Waals surface area (Å²) in [6.45, 7) is 59.9. The first-order chi connectivity index (χ1) is 39.3. The number of aliphatic hydroxyl groups excluding tert-OH is 1. The first-order valence-electron chi connectivity index (χ1n) is 32.3. The molecule has 0 spiro atoms. The summed E-state index contributed by atoms with van der Waals surface area (Å²) in [4.78, 5) is 16.1. The molecule has 0 aliphatic carbocycles. The third-order valence-electron chi connectivity index (χ3n) is 15.0. The average molecular weight is 1180 g/mol. The molecule has 0 saturated heterocycles. The molecule has 0 amide bonds. The number of hydrogen-bond acceptors (Lipinski definition) is 12. The SMILES string of the molecule is CCCCCCN(CCNC(C)(C)C)CCN(CCNCCNC)C(C)(C)C.CCCN(CCN(CCNC(C)(C)C)CCN(CCN(CCNC)Cc1ccccc1)C(C)(C)C)C(C)(C)Cc1ccccc1.CO.ClCc1ccccc1. The van der Waals surface area contributed by atoms with Gasteiger partial charge in [-0.1, -0.05) is 124 Å². The van der Waals surface area contributed by atoms with Crippen molar-refractivity contribution in [3.05, 3.63) is 108 Å². The minimum atomic E-state index is 0.111. The van der Waals surface area contributed by atoms with Crippen LogP contribution in [0.2, 0.25) is 0 Å². The van der Waals surface area contributed by atoms with E-state index in [1.165, 1.54) is 55.3 Å². The lowest BCUT2D eigenvalue weighted by atomic mass is 9.92. The van der Waals surface area contributed by atoms with Crippen LogP contribution in [-0.4, -0.2) is 214 Å². The first-order valence-corrected chi connectivity index (χ1v) is 32.8. The van der Waals surface area contributed by atoms with Crippen LogP contribution in [0.4, 0.5) is 0 Å². The maximum Gasteiger partial charge on any atom is 0.0474 e. The van der Waals surface area contributed by atoms with E-state index in [9.17, 15) is 0 Å². The number of unbranched alkanes of at least 4 members (excludes halogenated alkanes) is 3. The molecule has 0 saturated carbocycles. The summed E-state index contributed by atoms with van der Waals surface area (Å²) < 4.78 is 0. The molecule has 6 N–H and O–H groups in total. The van der Waals surface area contributed by atoms with Gasteiger partial charge in [-0.15, -0.1) is 11.6 Å². The zero-order valence-corrected chi connectivity index (χ0v) is 58.2. The molecular weight excluding hydrogens is 1050 g/mol. The molecule has 83 heavy (non-hydrogen) atoms. The molecule has 0 aromatic heterocycles. The minimum absolute atomic E-state index is 0.111. The minimum Gasteiger partial charge on any atom is -0.400 e. The highest BCUT2D eigenvalue weighted by Crippen LogP contribution is 2.22. The average Bonchev–Trinajstić information content (AvgIpc) is 3.46. The number of benzene rings is 3. The van der Waals surface area contributed by atoms with Crippen LogP contribution in [0.1, 0.15) is 160 Å². The highest BCUT2D eigenvalue weighted by molar-refractivity contribution is 6.17. The first kappa shape index (κ1) is 80.5. The van der Waals surface area contributed by atoms with Gasteiger partial charge in [0.25, 0.3) is 0 Å². The van der Waals surface area contributed by atoms with Crippen molar-refractivity contribution in [2.45, 2.75) is 189 Å². The predicted octanol–water partition coefficient (Wildman–Crippen LogP) is 11.4. The van der Waals surface area contributed by atoms with Gasteiger partial charge in [0, 0.05) is 165 Å². The lowest BCUT2D eigenvalue weighted by molar-refractivity contribution is 0.0789. The zero-order valence-electron chi connectivity index (χ0n) is 57.5. The molecule has 13 heteroatoms. The lowest BCUT2D eigenvalue weighted by Crippen LogP contribution is -2.52. The van der Waals surface area contributed by atoms with Gasteiger partial charge in [0.1, 0.15) is 0 Å². The van der Waals surface area contributed by atoms with Crippen molar-refractivity contribution in [1.29, 1.82) is 0 Å². The van der Waals surface area contributed by atoms with E-state index >= 15 is 0 Å². The number of rotatable bonds is 40. The second-order valence-electron chi connectivity index (χ2n) is 27.2. The fourth-order valence-electron chi connectivity index (χ4n) is 9.92. The summed E-state index contributed by atoms with van der Waals surface area (Å²) in [5, 5.41) is 24.5. The number of halogens is 1. The molecular formula is C70H134ClN11O. The van der Waals surface area contributed by atoms with E-state index in [-0.39, 0.29) is 27.7 Å². The lowest BCUT2D eigenvalue weighted by Gasteiger charge is -2.41. The Morgan fingerprint density at radius 3 is 1.23 bits per heavy atom. The zero-order chi connectivity index (χ0) is 62.6. The molecule has 12 nitrogen and oxygen atoms in total. The molecule has 0 atom stereocenters. The molecule has 0 heterocycles. The fourth-order valence-corrected chi connectivity index (χ4v) is 10.1. The van der Waals surface area contributed by atoms with Gasteiger partial charge in [-0.3, -0.25) is 24.5 Å². The van der Waals surface area contributed by atoms with Crippen molar-refractivity contribution >= 4 is 11.6 Å². The van der Waals surface area contributed by atoms with Gasteiger partial charge in [-0.05, 0) is 160 Å². The molecule has 3 aromatic rings. The Labute approximate surface area is 519 Å². The maximum atomic E-state index is 7.00. The Hall–Kier alpha value is -2.53. The van der Waals surface area contributed by atoms with Crippen LogP contribution in [0, 0.1) is 0 Å². The van der Waals surface area contributed by atoms with Crippen LogP contribution in [-0.2, 0) is 18.8 Å². The number of alkyl halides is 1. The van der Waals surface area contributed by atoms with Gasteiger partial charge < -0.3 is 36.6 Å². The second-order valence-corrected chi connectivity index (χ2v) is 27.5. The molecule has 0 bridgehead atoms. The van der Waals surface area contributed by atoms with Gasteiger partial charge in [0.05, 0.1) is 0 Å². The summed E-state index contributed by atoms with van der Waals surface area (Å²) in [5.41, 5.74) is 4.75. The number of nitrogens with zero attached hydrogens (tertiary/aromatic N) is 6. The van der Waals surface area contributed by atoms with Crippen LogP contribution in [0.3, 0.4) is 0 Å². The van der Waals surface area contributed by atoms with Crippen LogP contribution >= 0.6 is 11.6 Å². The molecule has 3 rings (SSSR count). The van der Waals surface area contributed by atoms with E-state index < -0.39 is 0 Å². The number of hydrogen-bond donors (Lipinski definition) is 6. The summed E-state index contributed by atoms with van der Waals surface area (Å²) in [6.07, 6.45) is 7.60. The van der Waals surface area contributed by atoms with Gasteiger partial charge >= 0.3 is 0 Å². The highest BCUT2D eigenvalue weighted by atomic mass is 35.5. The van der Waals surface area contributed by atoms with Crippen molar-refractivity contribution < 1.29 is 5.11 Å². The van der Waals surface area contributed by atoms with Crippen molar-refractivity contribution in [2.75, 3.05) is 152 Å². The number of aliphatic hydroxyl groups is 1. The van der Waals surface area contributed by atoms with Gasteiger partial charge in [-0.25, -0.2) is 0 Å². The highest BCUT2D eigenvalue weighted by Gasteiger charge is 2.28. The van der Waals surface area contributed by atoms with Crippen LogP contribution in [0.25, 0.3) is 0 Å². The molecule has 3 aromatic carbocycles. The monoisotopic (exact) mass is 1180 g/mol. The Morgan fingerprint density at radius 1 is 0.386 bits per heavy atom. The number of nitrogens with one attached hydrogen (secondary N) is 5. The fraction of sp³-hybridized carbons (Fsp3) is 0.743. The summed E-state index contributed by atoms with van der Waals surface area (Å²) in [7, 11) is 5.06. The number of likely N-dealkylation sites (N-methyl/N-ethyl adjacent to an activating group) is 2. The Bertz CT molecular complexity index is 1880. The third-order valence-corrected chi connectivity index (χ3v) is 15.3. The molecule has 0 radical (unpaired) electrons. The largest absolute Gasteiger partial charge is 0.400 e. The van der Waals surface area contributed by atoms with Crippen molar-refractivity contribution in [3.8, 4) is 0 Å². The quantitative estimate of drug-likeness (QED) is 0.0242. The molecule has 0 unspecified atom stereocenters. The van der Waals surface area contributed by atoms with Crippen molar-refractivity contribution in [2.24, 2.45) is 0 Å². The summed E-state index contributed by atoms with van der Waals surface area (Å²) in [6, 6.07) is 31.9. The van der Waals surface area contributed by atoms with E-state index in [1.54, 1.807) is 0 Å². The van der Waals surface area contributed by atoms with Crippen molar-refractivity contribution in [1.82, 2.24) is 56.0 Å². The molecule has 0 aliphatic heterocycles. The van der Waals surface area contributed by atoms with Gasteiger partial charge in [0.2, 0.25) is 0 Å². The standard InChI is InChI=1S/C39H70N6.C23H53N5.C7H7Cl.CH4O/c1-11-24-45(39(8,9)33-35-18-14-12-15-19-35)32-28-42(26-23-41-37(2,3)4)27-30-44(38(5,6)7)31-29-43(25-22-40-10)34-36-20-16-13-17-21-36;1-9-10-11-12-17-27(18-16-26-22(2,3)4)20-21-28(23(5,6)7)19-15-25-14-13-24-8;8-6-7-4-2-1-3-5-7;1-2/h12-21,40-41H,11,22-34H2,1-10H3;24-26H,9-21H2,1-8H3;1-5H,6H2;2H,1H3. The van der Waals surface area contributed by atoms with Gasteiger partial charge in [0.15, 0.2) is 0 Å². The summed E-state index contributed by atoms with van der Waals surface area (Å²) in [5.74, 6) is 0.612. The van der Waals surface area contributed by atoms with Crippen LogP contribution < -0.4 is 26.6 Å². The smallest absolute Gasteiger partial charge is 0.0474 e. The molecule has 0 fully saturated rings. The Kier molecular flexibility index (Phi) is 45.2. The summed E-state index contributed by atoms with van der Waals surface area (Å²) >= 11 is 5.53. The van der Waals surface area contributed by atoms with Gasteiger partial charge in [-0.2, -0.15) is 0 Å². The van der Waals surface area contributed by atoms with Crippen LogP contribution in [0.15, 0.2) is 91.0 Å². The third kappa shape index (κ3) is 43.7. The van der Waals surface area contributed by atoms with E-state index in [0.29, 0.717) is 5.88 Å². The van der Waals surface area contributed by atoms with E-state index in [4.69, 9.17) is 16.7 Å². The maximum absolute atomic E-state index is 7.00. The normalized spacial score (nSPS) is 12.5. The predicted molar refractivity (Wildman–Crippen MR) is 368 cm³/mol.